The maximum atomic E-state index is 2.32. The Morgan fingerprint density at radius 3 is 1.38 bits per heavy atom. The zero-order chi connectivity index (χ0) is 26.7. The second-order valence-corrected chi connectivity index (χ2v) is 10.6. The Hall–Kier alpha value is -4.68. The van der Waals surface area contributed by atoms with E-state index in [1.54, 1.807) is 0 Å². The van der Waals surface area contributed by atoms with E-state index in [0.29, 0.717) is 0 Å². The Balaban J connectivity index is 1.42. The van der Waals surface area contributed by atoms with Crippen LogP contribution >= 0.6 is 0 Å². The fourth-order valence-electron chi connectivity index (χ4n) is 5.62. The number of benzene rings is 5. The van der Waals surface area contributed by atoms with E-state index in [-0.39, 0.29) is 5.41 Å². The van der Waals surface area contributed by atoms with E-state index in [0.717, 1.165) is 0 Å². The smallest absolute Gasteiger partial charge is 0.0152 e. The lowest BCUT2D eigenvalue weighted by atomic mass is 9.81. The molecule has 0 aliphatic heterocycles. The number of hydrogen-bond donors (Lipinski definition) is 0. The first kappa shape index (κ1) is 24.6. The topological polar surface area (TPSA) is 0 Å². The third-order valence-corrected chi connectivity index (χ3v) is 7.76. The first-order valence-electron chi connectivity index (χ1n) is 13.6. The largest absolute Gasteiger partial charge is 0.0622 e. The Labute approximate surface area is 232 Å². The molecule has 1 aliphatic carbocycles. The van der Waals surface area contributed by atoms with Crippen LogP contribution in [0.2, 0.25) is 0 Å². The first-order chi connectivity index (χ1) is 19.1. The lowest BCUT2D eigenvalue weighted by Gasteiger charge is -2.22. The van der Waals surface area contributed by atoms with Gasteiger partial charge in [0.15, 0.2) is 0 Å². The van der Waals surface area contributed by atoms with Gasteiger partial charge in [0, 0.05) is 5.41 Å². The second-order valence-electron chi connectivity index (χ2n) is 10.6. The molecule has 0 amide bonds. The van der Waals surface area contributed by atoms with Gasteiger partial charge in [-0.3, -0.25) is 0 Å². The van der Waals surface area contributed by atoms with Crippen molar-refractivity contribution in [1.82, 2.24) is 0 Å². The van der Waals surface area contributed by atoms with Crippen LogP contribution in [0.4, 0.5) is 0 Å². The molecule has 0 heterocycles. The molecule has 0 heteroatoms. The summed E-state index contributed by atoms with van der Waals surface area (Å²) in [6.07, 6.45) is 6.84. The fraction of sp³-hybridized carbons (Fsp3) is 0.0769. The molecule has 5 aromatic carbocycles. The molecule has 5 aromatic rings. The Kier molecular flexibility index (Phi) is 6.69. The molecule has 0 bridgehead atoms. The van der Waals surface area contributed by atoms with Gasteiger partial charge in [-0.1, -0.05) is 172 Å². The van der Waals surface area contributed by atoms with Crippen LogP contribution in [0.1, 0.15) is 52.8 Å². The van der Waals surface area contributed by atoms with Gasteiger partial charge in [0.2, 0.25) is 0 Å². The van der Waals surface area contributed by atoms with Gasteiger partial charge >= 0.3 is 0 Å². The maximum Gasteiger partial charge on any atom is 0.0152 e. The van der Waals surface area contributed by atoms with Crippen molar-refractivity contribution in [1.29, 1.82) is 0 Å². The molecule has 0 aromatic heterocycles. The van der Waals surface area contributed by atoms with Crippen molar-refractivity contribution < 1.29 is 0 Å². The maximum absolute atomic E-state index is 2.32. The van der Waals surface area contributed by atoms with Gasteiger partial charge in [0.1, 0.15) is 0 Å². The van der Waals surface area contributed by atoms with E-state index in [1.807, 2.05) is 0 Å². The highest BCUT2D eigenvalue weighted by Crippen LogP contribution is 2.42. The Bertz CT molecular complexity index is 1620. The van der Waals surface area contributed by atoms with Gasteiger partial charge in [-0.05, 0) is 55.7 Å². The van der Waals surface area contributed by atoms with Crippen LogP contribution < -0.4 is 0 Å². The molecular formula is C39H32. The van der Waals surface area contributed by atoms with Crippen LogP contribution in [0.25, 0.3) is 23.3 Å². The summed E-state index contributed by atoms with van der Waals surface area (Å²) < 4.78 is 0. The summed E-state index contributed by atoms with van der Waals surface area (Å²) in [6, 6.07) is 49.9. The number of hydrogen-bond acceptors (Lipinski definition) is 0. The summed E-state index contributed by atoms with van der Waals surface area (Å²) in [5, 5.41) is 0. The molecule has 39 heavy (non-hydrogen) atoms. The minimum atomic E-state index is 0.0104. The number of fused-ring (bicyclic) bond motifs is 1. The molecule has 0 fully saturated rings. The average Bonchev–Trinajstić information content (AvgIpc) is 3.26. The summed E-state index contributed by atoms with van der Waals surface area (Å²) >= 11 is 0. The van der Waals surface area contributed by atoms with E-state index < -0.39 is 0 Å². The normalized spacial score (nSPS) is 13.6. The molecule has 6 rings (SSSR count). The fourth-order valence-corrected chi connectivity index (χ4v) is 5.62. The SMILES string of the molecule is CC1(C)C(/C=C/c2ccc(C(=C(c3ccccc3)c3ccccc3)c3ccccc3)cc2)=Cc2ccccc21. The van der Waals surface area contributed by atoms with E-state index >= 15 is 0 Å². The van der Waals surface area contributed by atoms with E-state index in [4.69, 9.17) is 0 Å². The molecule has 0 atom stereocenters. The van der Waals surface area contributed by atoms with Crippen molar-refractivity contribution in [2.75, 3.05) is 0 Å². The summed E-state index contributed by atoms with van der Waals surface area (Å²) in [7, 11) is 0. The monoisotopic (exact) mass is 500 g/mol. The van der Waals surface area contributed by atoms with Crippen molar-refractivity contribution in [3.63, 3.8) is 0 Å². The standard InChI is InChI=1S/C39H32/c1-39(2)35(28-34-20-12-13-21-36(34)39)27-24-29-22-25-33(26-23-29)38(32-18-10-5-11-19-32)37(30-14-6-3-7-15-30)31-16-8-4-9-17-31/h3-28H,1-2H3/b27-24+. The number of rotatable bonds is 6. The van der Waals surface area contributed by atoms with Crippen molar-refractivity contribution in [3.05, 3.63) is 190 Å². The van der Waals surface area contributed by atoms with Crippen molar-refractivity contribution in [2.45, 2.75) is 19.3 Å². The van der Waals surface area contributed by atoms with Gasteiger partial charge in [0.25, 0.3) is 0 Å². The highest BCUT2D eigenvalue weighted by atomic mass is 14.3. The van der Waals surface area contributed by atoms with Gasteiger partial charge in [-0.25, -0.2) is 0 Å². The van der Waals surface area contributed by atoms with Gasteiger partial charge in [0.05, 0.1) is 0 Å². The molecular weight excluding hydrogens is 468 g/mol. The molecule has 0 spiro atoms. The molecule has 188 valence electrons. The average molecular weight is 501 g/mol. The molecule has 0 unspecified atom stereocenters. The minimum Gasteiger partial charge on any atom is -0.0622 e. The van der Waals surface area contributed by atoms with Crippen LogP contribution in [-0.2, 0) is 5.41 Å². The summed E-state index contributed by atoms with van der Waals surface area (Å²) in [5.74, 6) is 0. The summed E-state index contributed by atoms with van der Waals surface area (Å²) in [4.78, 5) is 0. The van der Waals surface area contributed by atoms with Crippen LogP contribution in [0, 0.1) is 0 Å². The van der Waals surface area contributed by atoms with Crippen LogP contribution in [-0.4, -0.2) is 0 Å². The van der Waals surface area contributed by atoms with Gasteiger partial charge < -0.3 is 0 Å². The zero-order valence-electron chi connectivity index (χ0n) is 22.5. The molecule has 0 saturated heterocycles. The van der Waals surface area contributed by atoms with Crippen molar-refractivity contribution >= 4 is 23.3 Å². The third kappa shape index (κ3) is 4.94. The van der Waals surface area contributed by atoms with Crippen LogP contribution in [0.3, 0.4) is 0 Å². The van der Waals surface area contributed by atoms with Crippen LogP contribution in [0.15, 0.2) is 151 Å². The lowest BCUT2D eigenvalue weighted by Crippen LogP contribution is -2.15. The summed E-state index contributed by atoms with van der Waals surface area (Å²) in [5.41, 5.74) is 12.6. The Morgan fingerprint density at radius 2 is 0.897 bits per heavy atom. The second kappa shape index (κ2) is 10.6. The Morgan fingerprint density at radius 1 is 0.462 bits per heavy atom. The van der Waals surface area contributed by atoms with E-state index in [9.17, 15) is 0 Å². The molecule has 0 nitrogen and oxygen atoms in total. The minimum absolute atomic E-state index is 0.0104. The predicted molar refractivity (Wildman–Crippen MR) is 167 cm³/mol. The van der Waals surface area contributed by atoms with Crippen molar-refractivity contribution in [3.8, 4) is 0 Å². The zero-order valence-corrected chi connectivity index (χ0v) is 22.5. The third-order valence-electron chi connectivity index (χ3n) is 7.76. The van der Waals surface area contributed by atoms with E-state index in [2.05, 4.69) is 172 Å². The first-order valence-corrected chi connectivity index (χ1v) is 13.6. The predicted octanol–water partition coefficient (Wildman–Crippen LogP) is 10.1. The molecule has 0 saturated carbocycles. The highest BCUT2D eigenvalue weighted by molar-refractivity contribution is 6.04. The lowest BCUT2D eigenvalue weighted by molar-refractivity contribution is 0.655. The molecule has 1 aliphatic rings. The quantitative estimate of drug-likeness (QED) is 0.203. The molecule has 0 N–H and O–H groups in total. The highest BCUT2D eigenvalue weighted by Gasteiger charge is 2.30. The number of allylic oxidation sites excluding steroid dienone is 2. The molecule has 0 radical (unpaired) electrons. The van der Waals surface area contributed by atoms with Crippen molar-refractivity contribution in [2.24, 2.45) is 0 Å². The van der Waals surface area contributed by atoms with Gasteiger partial charge in [-0.15, -0.1) is 0 Å². The van der Waals surface area contributed by atoms with Gasteiger partial charge in [-0.2, -0.15) is 0 Å². The van der Waals surface area contributed by atoms with E-state index in [1.165, 1.54) is 55.7 Å². The van der Waals surface area contributed by atoms with Crippen LogP contribution in [0.5, 0.6) is 0 Å². The summed E-state index contributed by atoms with van der Waals surface area (Å²) in [6.45, 7) is 4.62.